The fraction of sp³-hybridized carbons (Fsp3) is 0.333. The predicted molar refractivity (Wildman–Crippen MR) is 202 cm³/mol. The second-order valence-electron chi connectivity index (χ2n) is 13.4. The van der Waals surface area contributed by atoms with Crippen LogP contribution in [0.2, 0.25) is 0 Å². The summed E-state index contributed by atoms with van der Waals surface area (Å²) in [6, 6.07) is 21.1. The van der Waals surface area contributed by atoms with Crippen molar-refractivity contribution in [1.29, 1.82) is 0 Å². The second kappa shape index (κ2) is 16.5. The van der Waals surface area contributed by atoms with Gasteiger partial charge < -0.3 is 30.9 Å². The van der Waals surface area contributed by atoms with Gasteiger partial charge in [0.15, 0.2) is 0 Å². The van der Waals surface area contributed by atoms with Crippen LogP contribution < -0.4 is 36.2 Å². The van der Waals surface area contributed by atoms with Crippen LogP contribution in [-0.2, 0) is 22.3 Å². The molecule has 2 saturated heterocycles. The number of rotatable bonds is 12. The molecule has 1 aromatic heterocycles. The van der Waals surface area contributed by atoms with Crippen molar-refractivity contribution in [2.24, 2.45) is 0 Å². The highest BCUT2D eigenvalue weighted by Crippen LogP contribution is 2.39. The molecule has 2 aliphatic heterocycles. The number of piperidine rings is 2. The zero-order chi connectivity index (χ0) is 38.4. The van der Waals surface area contributed by atoms with Gasteiger partial charge in [-0.3, -0.25) is 24.6 Å². The lowest BCUT2D eigenvalue weighted by molar-refractivity contribution is -0.137. The zero-order valence-electron chi connectivity index (χ0n) is 30.2. The monoisotopic (exact) mass is 744 g/mol. The summed E-state index contributed by atoms with van der Waals surface area (Å²) >= 11 is 0. The topological polar surface area (TPSA) is 140 Å². The third-order valence-corrected chi connectivity index (χ3v) is 9.72. The molecule has 2 aliphatic rings. The summed E-state index contributed by atoms with van der Waals surface area (Å²) in [7, 11) is 5.09. The van der Waals surface area contributed by atoms with Crippen molar-refractivity contribution in [3.8, 4) is 5.75 Å². The largest absolute Gasteiger partial charge is 0.494 e. The number of amides is 3. The van der Waals surface area contributed by atoms with Crippen molar-refractivity contribution >= 4 is 52.0 Å². The maximum atomic E-state index is 14.0. The molecule has 3 heterocycles. The normalized spacial score (nSPS) is 16.5. The molecular weight excluding hydrogens is 701 g/mol. The van der Waals surface area contributed by atoms with Gasteiger partial charge in [0.25, 0.3) is 5.91 Å². The lowest BCUT2D eigenvalue weighted by Crippen LogP contribution is -2.47. The number of methoxy groups -OCH3 is 1. The zero-order valence-corrected chi connectivity index (χ0v) is 30.2. The van der Waals surface area contributed by atoms with E-state index in [1.165, 1.54) is 32.4 Å². The first-order chi connectivity index (χ1) is 25.9. The summed E-state index contributed by atoms with van der Waals surface area (Å²) in [5.74, 6) is -0.336. The molecule has 12 nitrogen and oxygen atoms in total. The predicted octanol–water partition coefficient (Wildman–Crippen LogP) is 6.27. The fourth-order valence-corrected chi connectivity index (χ4v) is 6.81. The summed E-state index contributed by atoms with van der Waals surface area (Å²) in [5.41, 5.74) is 2.59. The number of ether oxygens (including phenoxy) is 1. The van der Waals surface area contributed by atoms with Gasteiger partial charge in [0.05, 0.1) is 35.3 Å². The van der Waals surface area contributed by atoms with E-state index in [1.807, 2.05) is 36.4 Å². The number of hydrogen-bond acceptors (Lipinski definition) is 10. The minimum Gasteiger partial charge on any atom is -0.494 e. The molecule has 15 heteroatoms. The van der Waals surface area contributed by atoms with Gasteiger partial charge in [0.2, 0.25) is 11.8 Å². The first kappa shape index (κ1) is 37.9. The Labute approximate surface area is 311 Å². The number of carbonyl (C=O) groups is 3. The van der Waals surface area contributed by atoms with E-state index < -0.39 is 23.7 Å². The van der Waals surface area contributed by atoms with Crippen LogP contribution in [0, 0.1) is 0 Å². The van der Waals surface area contributed by atoms with Crippen molar-refractivity contribution < 1.29 is 32.3 Å². The highest BCUT2D eigenvalue weighted by Gasteiger charge is 2.35. The van der Waals surface area contributed by atoms with Crippen LogP contribution in [0.4, 0.5) is 47.4 Å². The van der Waals surface area contributed by atoms with Gasteiger partial charge in [-0.15, -0.1) is 0 Å². The van der Waals surface area contributed by atoms with Crippen LogP contribution in [0.5, 0.6) is 5.75 Å². The lowest BCUT2D eigenvalue weighted by Gasteiger charge is -2.38. The third kappa shape index (κ3) is 9.02. The Kier molecular flexibility index (Phi) is 11.6. The molecule has 6 rings (SSSR count). The molecule has 0 bridgehead atoms. The molecule has 0 saturated carbocycles. The van der Waals surface area contributed by atoms with Crippen molar-refractivity contribution in [3.63, 3.8) is 0 Å². The first-order valence-corrected chi connectivity index (χ1v) is 17.7. The van der Waals surface area contributed by atoms with Gasteiger partial charge >= 0.3 is 6.18 Å². The molecule has 2 fully saturated rings. The number of nitrogens with zero attached hydrogens (tertiary/aromatic N) is 3. The molecule has 4 aromatic rings. The molecular formula is C39H43F3N8O4. The Balaban J connectivity index is 1.09. The molecule has 5 N–H and O–H groups in total. The van der Waals surface area contributed by atoms with Crippen LogP contribution in [0.15, 0.2) is 79.0 Å². The van der Waals surface area contributed by atoms with Gasteiger partial charge in [-0.1, -0.05) is 24.3 Å². The van der Waals surface area contributed by atoms with Gasteiger partial charge in [-0.05, 0) is 68.3 Å². The number of anilines is 6. The van der Waals surface area contributed by atoms with E-state index in [-0.39, 0.29) is 34.6 Å². The highest BCUT2D eigenvalue weighted by molar-refractivity contribution is 6.01. The Bertz CT molecular complexity index is 2000. The van der Waals surface area contributed by atoms with Gasteiger partial charge in [-0.25, -0.2) is 4.98 Å². The van der Waals surface area contributed by atoms with Crippen molar-refractivity contribution in [2.75, 3.05) is 55.1 Å². The number of alkyl halides is 3. The molecule has 0 spiro atoms. The molecule has 1 atom stereocenters. The van der Waals surface area contributed by atoms with Gasteiger partial charge in [0.1, 0.15) is 17.6 Å². The summed E-state index contributed by atoms with van der Waals surface area (Å²) in [5, 5.41) is 14.0. The van der Waals surface area contributed by atoms with Gasteiger partial charge in [0, 0.05) is 68.8 Å². The SMILES string of the molecule is CNC(=O)c1ccccc1Nc1cc(Nc2ccc(N3CCC(N(C)Cc4cccc(NC5CCC(=O)NC5=O)c4)CC3)cc2OC)ncc1C(F)(F)F. The standard InChI is InChI=1S/C39H43F3N8O4/c1-43-37(52)28-9-4-5-10-30(28)46-33-21-35(44-22-29(33)39(40,41)42)47-31-12-11-27(20-34(31)54-3)50-17-15-26(16-18-50)49(2)23-24-7-6-8-25(19-24)45-32-13-14-36(51)48-38(32)53/h4-12,19-22,26,32,45H,13-18,23H2,1-3H3,(H,43,52)(H2,44,46,47)(H,48,51,53). The Morgan fingerprint density at radius 3 is 2.46 bits per heavy atom. The van der Waals surface area contributed by atoms with Crippen LogP contribution in [0.3, 0.4) is 0 Å². The van der Waals surface area contributed by atoms with Gasteiger partial charge in [-0.2, -0.15) is 13.2 Å². The number of pyridine rings is 1. The highest BCUT2D eigenvalue weighted by atomic mass is 19.4. The van der Waals surface area contributed by atoms with Crippen LogP contribution >= 0.6 is 0 Å². The number of benzene rings is 3. The number of para-hydroxylation sites is 1. The molecule has 0 aliphatic carbocycles. The number of aromatic nitrogens is 1. The van der Waals surface area contributed by atoms with Crippen molar-refractivity contribution in [1.82, 2.24) is 20.5 Å². The molecule has 0 radical (unpaired) electrons. The second-order valence-corrected chi connectivity index (χ2v) is 13.4. The van der Waals surface area contributed by atoms with Crippen LogP contribution in [0.25, 0.3) is 0 Å². The quantitative estimate of drug-likeness (QED) is 0.106. The summed E-state index contributed by atoms with van der Waals surface area (Å²) in [6.45, 7) is 2.36. The van der Waals surface area contributed by atoms with E-state index in [2.05, 4.69) is 54.5 Å². The minimum atomic E-state index is -4.70. The minimum absolute atomic E-state index is 0.148. The maximum absolute atomic E-state index is 14.0. The Morgan fingerprint density at radius 1 is 0.963 bits per heavy atom. The smallest absolute Gasteiger partial charge is 0.419 e. The molecule has 3 amide bonds. The number of nitrogens with one attached hydrogen (secondary N) is 5. The van der Waals surface area contributed by atoms with Crippen LogP contribution in [-0.4, -0.2) is 74.0 Å². The molecule has 54 heavy (non-hydrogen) atoms. The average molecular weight is 745 g/mol. The number of carbonyl (C=O) groups excluding carboxylic acids is 3. The number of hydrogen-bond donors (Lipinski definition) is 5. The number of imide groups is 1. The molecule has 3 aromatic carbocycles. The van der Waals surface area contributed by atoms with Crippen molar-refractivity contribution in [2.45, 2.75) is 50.5 Å². The summed E-state index contributed by atoms with van der Waals surface area (Å²) in [6.07, 6.45) is -1.30. The van der Waals surface area contributed by atoms with E-state index in [9.17, 15) is 27.6 Å². The average Bonchev–Trinajstić information content (AvgIpc) is 3.16. The number of halogens is 3. The summed E-state index contributed by atoms with van der Waals surface area (Å²) < 4.78 is 47.8. The van der Waals surface area contributed by atoms with Crippen LogP contribution in [0.1, 0.15) is 47.2 Å². The Hall–Kier alpha value is -5.83. The van der Waals surface area contributed by atoms with E-state index in [0.29, 0.717) is 30.3 Å². The fourth-order valence-electron chi connectivity index (χ4n) is 6.81. The molecule has 284 valence electrons. The Morgan fingerprint density at radius 2 is 1.74 bits per heavy atom. The van der Waals surface area contributed by atoms with Crippen molar-refractivity contribution in [3.05, 3.63) is 95.7 Å². The van der Waals surface area contributed by atoms with E-state index in [1.54, 1.807) is 12.1 Å². The van der Waals surface area contributed by atoms with E-state index in [4.69, 9.17) is 4.74 Å². The van der Waals surface area contributed by atoms with E-state index >= 15 is 0 Å². The molecule has 1 unspecified atom stereocenters. The lowest BCUT2D eigenvalue weighted by atomic mass is 10.0. The first-order valence-electron chi connectivity index (χ1n) is 17.7. The maximum Gasteiger partial charge on any atom is 0.419 e. The van der Waals surface area contributed by atoms with E-state index in [0.717, 1.165) is 55.6 Å². The summed E-state index contributed by atoms with van der Waals surface area (Å²) in [4.78, 5) is 44.8. The third-order valence-electron chi connectivity index (χ3n) is 9.72.